The first-order valence-corrected chi connectivity index (χ1v) is 16.1. The summed E-state index contributed by atoms with van der Waals surface area (Å²) in [5.74, 6) is -5.02. The van der Waals surface area contributed by atoms with Gasteiger partial charge >= 0.3 is 5.63 Å². The van der Waals surface area contributed by atoms with Crippen molar-refractivity contribution in [2.75, 3.05) is 0 Å². The number of benzene rings is 4. The van der Waals surface area contributed by atoms with Gasteiger partial charge in [0.05, 0.1) is 10.9 Å². The number of aliphatic hydroxyl groups is 1. The van der Waals surface area contributed by atoms with Crippen molar-refractivity contribution < 1.29 is 44.6 Å². The standard InChI is InChI=1S/C39H33ClO10/c1-14(2)26-20-9-16(5)28(29-17(6)10-21-27(15(3)4)38(48)34(44)24(13-41)31(21)36(29)46)35(45)30(20)22(33(43)37(26)47)12-23-32(42)19-11-18(40)7-8-25(19)50-39(23)49/h7-15,42,44-48H,1-6H3/b22-12-. The summed E-state index contributed by atoms with van der Waals surface area (Å²) in [5.41, 5.74) is -0.467. The first kappa shape index (κ1) is 34.1. The fourth-order valence-corrected chi connectivity index (χ4v) is 7.23. The van der Waals surface area contributed by atoms with Crippen molar-refractivity contribution >= 4 is 62.6 Å². The van der Waals surface area contributed by atoms with Crippen molar-refractivity contribution in [3.8, 4) is 39.9 Å². The van der Waals surface area contributed by atoms with Gasteiger partial charge in [-0.3, -0.25) is 9.59 Å². The van der Waals surface area contributed by atoms with Crippen LogP contribution < -0.4 is 5.63 Å². The van der Waals surface area contributed by atoms with Crippen molar-refractivity contribution in [3.05, 3.63) is 90.5 Å². The van der Waals surface area contributed by atoms with Crippen molar-refractivity contribution in [1.82, 2.24) is 0 Å². The zero-order valence-corrected chi connectivity index (χ0v) is 28.6. The number of aryl methyl sites for hydroxylation is 2. The van der Waals surface area contributed by atoms with Crippen LogP contribution in [0.3, 0.4) is 0 Å². The zero-order valence-electron chi connectivity index (χ0n) is 27.9. The second kappa shape index (κ2) is 12.0. The molecule has 0 saturated heterocycles. The number of aromatic hydroxyl groups is 5. The number of aliphatic hydroxyl groups excluding tert-OH is 1. The van der Waals surface area contributed by atoms with Crippen LogP contribution in [-0.2, 0) is 4.79 Å². The molecule has 11 heteroatoms. The molecule has 6 N–H and O–H groups in total. The van der Waals surface area contributed by atoms with E-state index in [1.165, 1.54) is 18.2 Å². The van der Waals surface area contributed by atoms with Gasteiger partial charge in [0.25, 0.3) is 0 Å². The molecule has 10 nitrogen and oxygen atoms in total. The molecule has 1 heterocycles. The number of allylic oxidation sites excluding steroid dienone is 2. The predicted molar refractivity (Wildman–Crippen MR) is 191 cm³/mol. The Balaban J connectivity index is 1.75. The number of carbonyl (C=O) groups excluding carboxylic acids is 2. The van der Waals surface area contributed by atoms with Crippen molar-refractivity contribution in [2.45, 2.75) is 47.5 Å². The highest BCUT2D eigenvalue weighted by atomic mass is 35.5. The maximum atomic E-state index is 13.9. The summed E-state index contributed by atoms with van der Waals surface area (Å²) in [6, 6.07) is 7.50. The lowest BCUT2D eigenvalue weighted by Crippen LogP contribution is -2.19. The topological polar surface area (TPSA) is 186 Å². The number of hydrogen-bond acceptors (Lipinski definition) is 10. The van der Waals surface area contributed by atoms with Gasteiger partial charge in [-0.05, 0) is 72.0 Å². The summed E-state index contributed by atoms with van der Waals surface area (Å²) in [4.78, 5) is 39.4. The number of halogens is 1. The largest absolute Gasteiger partial charge is 0.507 e. The van der Waals surface area contributed by atoms with E-state index >= 15 is 0 Å². The molecule has 1 aliphatic rings. The first-order chi connectivity index (χ1) is 23.5. The Morgan fingerprint density at radius 1 is 0.720 bits per heavy atom. The zero-order chi connectivity index (χ0) is 36.7. The van der Waals surface area contributed by atoms with Crippen LogP contribution in [0, 0.1) is 19.8 Å². The summed E-state index contributed by atoms with van der Waals surface area (Å²) >= 11 is 6.12. The Bertz CT molecular complexity index is 2480. The fraction of sp³-hybridized carbons (Fsp3) is 0.205. The normalized spacial score (nSPS) is 14.1. The van der Waals surface area contributed by atoms with Gasteiger partial charge in [0, 0.05) is 43.8 Å². The van der Waals surface area contributed by atoms with Crippen LogP contribution >= 0.6 is 11.6 Å². The number of Topliss-reactive ketones (excluding diaryl/α,β-unsaturated/α-hetero) is 1. The third kappa shape index (κ3) is 4.89. The Kier molecular flexibility index (Phi) is 8.19. The average Bonchev–Trinajstić information content (AvgIpc) is 3.03. The summed E-state index contributed by atoms with van der Waals surface area (Å²) in [6.45, 7) is 10.3. The van der Waals surface area contributed by atoms with Crippen LogP contribution in [-0.4, -0.2) is 42.7 Å². The van der Waals surface area contributed by atoms with Gasteiger partial charge in [-0.15, -0.1) is 0 Å². The number of rotatable bonds is 5. The molecule has 0 spiro atoms. The molecule has 0 aliphatic heterocycles. The van der Waals surface area contributed by atoms with Gasteiger partial charge in [-0.2, -0.15) is 0 Å². The van der Waals surface area contributed by atoms with Crippen LogP contribution in [0.15, 0.2) is 45.3 Å². The lowest BCUT2D eigenvalue weighted by Gasteiger charge is -2.28. The van der Waals surface area contributed by atoms with Crippen LogP contribution in [0.2, 0.25) is 5.02 Å². The molecule has 0 bridgehead atoms. The van der Waals surface area contributed by atoms with E-state index in [0.717, 1.165) is 6.08 Å². The van der Waals surface area contributed by atoms with Gasteiger partial charge in [-0.1, -0.05) is 51.4 Å². The van der Waals surface area contributed by atoms with E-state index in [0.29, 0.717) is 28.4 Å². The summed E-state index contributed by atoms with van der Waals surface area (Å²) in [6.07, 6.45) is 1.35. The number of fused-ring (bicyclic) bond motifs is 3. The van der Waals surface area contributed by atoms with E-state index in [9.17, 15) is 45.0 Å². The van der Waals surface area contributed by atoms with Crippen LogP contribution in [0.1, 0.15) is 77.4 Å². The fourth-order valence-electron chi connectivity index (χ4n) is 7.06. The molecule has 0 fully saturated rings. The molecule has 4 aromatic carbocycles. The highest BCUT2D eigenvalue weighted by molar-refractivity contribution is 6.37. The number of phenols is 4. The molecule has 1 aliphatic carbocycles. The maximum absolute atomic E-state index is 13.9. The summed E-state index contributed by atoms with van der Waals surface area (Å²) in [5, 5.41) is 68.7. The Labute approximate surface area is 290 Å². The second-order valence-electron chi connectivity index (χ2n) is 13.1. The van der Waals surface area contributed by atoms with Crippen LogP contribution in [0.4, 0.5) is 0 Å². The highest BCUT2D eigenvalue weighted by Crippen LogP contribution is 2.54. The van der Waals surface area contributed by atoms with Crippen molar-refractivity contribution in [2.24, 2.45) is 5.92 Å². The van der Waals surface area contributed by atoms with E-state index in [1.54, 1.807) is 53.7 Å². The lowest BCUT2D eigenvalue weighted by molar-refractivity contribution is -0.112. The molecule has 6 rings (SSSR count). The molecule has 0 atom stereocenters. The Morgan fingerprint density at radius 2 is 1.36 bits per heavy atom. The van der Waals surface area contributed by atoms with E-state index in [4.69, 9.17) is 16.0 Å². The molecular weight excluding hydrogens is 664 g/mol. The SMILES string of the molecule is Cc1cc2c(c(O)c1-c1c(C)cc3c(C(C)C)c(O)c(O)c(C=O)c3c1O)/C(=C/c1c(O)c3cc(Cl)ccc3oc1=O)C(=O)C(O)=C2C(C)C. The Hall–Kier alpha value is -5.74. The van der Waals surface area contributed by atoms with Crippen LogP contribution in [0.5, 0.6) is 28.7 Å². The van der Waals surface area contributed by atoms with Crippen molar-refractivity contribution in [1.29, 1.82) is 0 Å². The minimum Gasteiger partial charge on any atom is -0.507 e. The third-order valence-electron chi connectivity index (χ3n) is 9.25. The number of aldehydes is 1. The van der Waals surface area contributed by atoms with Gasteiger partial charge in [0.2, 0.25) is 5.78 Å². The number of phenolic OH excluding ortho intramolecular Hbond substituents is 4. The van der Waals surface area contributed by atoms with E-state index in [2.05, 4.69) is 0 Å². The van der Waals surface area contributed by atoms with Gasteiger partial charge < -0.3 is 35.1 Å². The number of carbonyl (C=O) groups is 2. The Morgan fingerprint density at radius 3 is 1.98 bits per heavy atom. The van der Waals surface area contributed by atoms with Crippen molar-refractivity contribution in [3.63, 3.8) is 0 Å². The number of hydrogen-bond donors (Lipinski definition) is 6. The minimum absolute atomic E-state index is 0.0388. The summed E-state index contributed by atoms with van der Waals surface area (Å²) in [7, 11) is 0. The second-order valence-corrected chi connectivity index (χ2v) is 13.5. The molecular formula is C39H33ClO10. The molecule has 1 aromatic heterocycles. The monoisotopic (exact) mass is 696 g/mol. The third-order valence-corrected chi connectivity index (χ3v) is 9.49. The molecule has 0 amide bonds. The maximum Gasteiger partial charge on any atom is 0.347 e. The van der Waals surface area contributed by atoms with E-state index in [-0.39, 0.29) is 66.3 Å². The minimum atomic E-state index is -1.00. The van der Waals surface area contributed by atoms with E-state index in [1.807, 2.05) is 0 Å². The first-order valence-electron chi connectivity index (χ1n) is 15.7. The molecule has 50 heavy (non-hydrogen) atoms. The molecule has 5 aromatic rings. The van der Waals surface area contributed by atoms with Crippen LogP contribution in [0.25, 0.3) is 50.1 Å². The lowest BCUT2D eigenvalue weighted by atomic mass is 9.76. The average molecular weight is 697 g/mol. The molecule has 0 saturated carbocycles. The molecule has 0 radical (unpaired) electrons. The quantitative estimate of drug-likeness (QED) is 0.0451. The molecule has 0 unspecified atom stereocenters. The van der Waals surface area contributed by atoms with Gasteiger partial charge in [0.15, 0.2) is 23.5 Å². The summed E-state index contributed by atoms with van der Waals surface area (Å²) < 4.78 is 5.39. The highest BCUT2D eigenvalue weighted by Gasteiger charge is 2.36. The van der Waals surface area contributed by atoms with Gasteiger partial charge in [0.1, 0.15) is 28.4 Å². The molecule has 256 valence electrons. The number of ketones is 1. The predicted octanol–water partition coefficient (Wildman–Crippen LogP) is 8.40. The van der Waals surface area contributed by atoms with Gasteiger partial charge in [-0.25, -0.2) is 4.79 Å². The van der Waals surface area contributed by atoms with E-state index < -0.39 is 57.4 Å². The smallest absolute Gasteiger partial charge is 0.347 e.